The third-order valence-electron chi connectivity index (χ3n) is 1.46. The third-order valence-corrected chi connectivity index (χ3v) is 1.46. The van der Waals surface area contributed by atoms with Gasteiger partial charge in [-0.3, -0.25) is 0 Å². The van der Waals surface area contributed by atoms with Crippen LogP contribution in [0.1, 0.15) is 25.1 Å². The van der Waals surface area contributed by atoms with E-state index in [1.54, 1.807) is 6.20 Å². The molecular weight excluding hydrogens is 156 g/mol. The van der Waals surface area contributed by atoms with Crippen molar-refractivity contribution in [2.24, 2.45) is 5.73 Å². The van der Waals surface area contributed by atoms with Gasteiger partial charge in [0.1, 0.15) is 5.69 Å². The van der Waals surface area contributed by atoms with E-state index < -0.39 is 0 Å². The zero-order valence-electron chi connectivity index (χ0n) is 7.16. The van der Waals surface area contributed by atoms with Crippen LogP contribution >= 0.6 is 0 Å². The van der Waals surface area contributed by atoms with E-state index in [-0.39, 0.29) is 6.04 Å². The van der Waals surface area contributed by atoms with Crippen LogP contribution in [-0.4, -0.2) is 28.6 Å². The van der Waals surface area contributed by atoms with Crippen LogP contribution in [0.25, 0.3) is 0 Å². The maximum atomic E-state index is 5.73. The fourth-order valence-electron chi connectivity index (χ4n) is 0.829. The molecule has 0 aliphatic heterocycles. The molecule has 0 aromatic carbocycles. The zero-order chi connectivity index (χ0) is 8.81. The highest BCUT2D eigenvalue weighted by Gasteiger charge is 2.07. The number of nitrogens with two attached hydrogens (primary N) is 1. The van der Waals surface area contributed by atoms with E-state index in [1.165, 1.54) is 0 Å². The Morgan fingerprint density at radius 3 is 3.17 bits per heavy atom. The highest BCUT2D eigenvalue weighted by Crippen LogP contribution is 2.03. The van der Waals surface area contributed by atoms with Gasteiger partial charge in [0.15, 0.2) is 0 Å². The number of hydrogen-bond donors (Lipinski definition) is 2. The van der Waals surface area contributed by atoms with Crippen LogP contribution < -0.4 is 5.73 Å². The molecule has 1 heterocycles. The van der Waals surface area contributed by atoms with Gasteiger partial charge in [-0.15, -0.1) is 0 Å². The van der Waals surface area contributed by atoms with E-state index in [9.17, 15) is 0 Å². The summed E-state index contributed by atoms with van der Waals surface area (Å²) in [5.41, 5.74) is 6.47. The first-order valence-electron chi connectivity index (χ1n) is 4.03. The van der Waals surface area contributed by atoms with Crippen molar-refractivity contribution in [2.45, 2.75) is 19.4 Å². The summed E-state index contributed by atoms with van der Waals surface area (Å²) in [6.07, 6.45) is 2.62. The summed E-state index contributed by atoms with van der Waals surface area (Å²) in [6.45, 7) is 3.30. The number of ether oxygens (including phenoxy) is 1. The average molecular weight is 170 g/mol. The summed E-state index contributed by atoms with van der Waals surface area (Å²) < 4.78 is 5.26. The Morgan fingerprint density at radius 1 is 1.75 bits per heavy atom. The Labute approximate surface area is 71.3 Å². The number of nitrogens with zero attached hydrogens (tertiary/aromatic N) is 2. The van der Waals surface area contributed by atoms with Crippen molar-refractivity contribution in [3.8, 4) is 0 Å². The largest absolute Gasteiger partial charge is 0.379 e. The lowest BCUT2D eigenvalue weighted by Crippen LogP contribution is -2.17. The predicted octanol–water partition coefficient (Wildman–Crippen LogP) is 0.231. The maximum Gasteiger partial charge on any atom is 0.101 e. The van der Waals surface area contributed by atoms with Gasteiger partial charge in [0.05, 0.1) is 18.8 Å². The molecule has 1 atom stereocenters. The van der Waals surface area contributed by atoms with Gasteiger partial charge in [0.25, 0.3) is 0 Å². The Hall–Kier alpha value is -0.940. The van der Waals surface area contributed by atoms with Crippen molar-refractivity contribution < 1.29 is 4.74 Å². The molecule has 0 saturated heterocycles. The van der Waals surface area contributed by atoms with Gasteiger partial charge >= 0.3 is 0 Å². The lowest BCUT2D eigenvalue weighted by molar-refractivity contribution is 0.120. The van der Waals surface area contributed by atoms with Gasteiger partial charge in [-0.05, 0) is 6.42 Å². The monoisotopic (exact) mass is 170 g/mol. The van der Waals surface area contributed by atoms with E-state index in [1.807, 2.05) is 0 Å². The molecule has 0 spiro atoms. The second-order valence-electron chi connectivity index (χ2n) is 2.58. The quantitative estimate of drug-likeness (QED) is 0.620. The van der Waals surface area contributed by atoms with Crippen molar-refractivity contribution in [1.82, 2.24) is 15.4 Å². The molecule has 1 unspecified atom stereocenters. The van der Waals surface area contributed by atoms with Crippen molar-refractivity contribution in [3.05, 3.63) is 11.9 Å². The molecule has 1 aromatic heterocycles. The topological polar surface area (TPSA) is 76.8 Å². The van der Waals surface area contributed by atoms with Gasteiger partial charge in [-0.2, -0.15) is 15.4 Å². The van der Waals surface area contributed by atoms with Gasteiger partial charge < -0.3 is 10.5 Å². The molecule has 5 heteroatoms. The molecule has 68 valence electrons. The number of hydrogen-bond acceptors (Lipinski definition) is 4. The third kappa shape index (κ3) is 2.60. The molecule has 0 amide bonds. The number of rotatable bonds is 5. The van der Waals surface area contributed by atoms with Crippen LogP contribution in [0.3, 0.4) is 0 Å². The maximum absolute atomic E-state index is 5.73. The van der Waals surface area contributed by atoms with Crippen molar-refractivity contribution >= 4 is 0 Å². The second-order valence-corrected chi connectivity index (χ2v) is 2.58. The lowest BCUT2D eigenvalue weighted by atomic mass is 10.2. The van der Waals surface area contributed by atoms with Crippen LogP contribution in [0, 0.1) is 0 Å². The normalized spacial score (nSPS) is 13.2. The number of aromatic amines is 1. The Bertz CT molecular complexity index is 199. The van der Waals surface area contributed by atoms with Crippen molar-refractivity contribution in [1.29, 1.82) is 0 Å². The minimum Gasteiger partial charge on any atom is -0.379 e. The lowest BCUT2D eigenvalue weighted by Gasteiger charge is -2.07. The average Bonchev–Trinajstić information content (AvgIpc) is 2.56. The summed E-state index contributed by atoms with van der Waals surface area (Å²) in [5.74, 6) is 0. The zero-order valence-corrected chi connectivity index (χ0v) is 7.16. The standard InChI is InChI=1S/C7H14N4O/c1-2-3-12-5-6(8)7-4-9-11-10-7/h4,6H,2-3,5,8H2,1H3,(H,9,10,11). The summed E-state index contributed by atoms with van der Waals surface area (Å²) in [4.78, 5) is 0. The molecule has 12 heavy (non-hydrogen) atoms. The fraction of sp³-hybridized carbons (Fsp3) is 0.714. The minimum atomic E-state index is -0.171. The first kappa shape index (κ1) is 9.15. The molecule has 0 aliphatic rings. The Kier molecular flexibility index (Phi) is 3.69. The van der Waals surface area contributed by atoms with Crippen molar-refractivity contribution in [2.75, 3.05) is 13.2 Å². The minimum absolute atomic E-state index is 0.171. The van der Waals surface area contributed by atoms with E-state index in [2.05, 4.69) is 22.3 Å². The molecule has 0 aliphatic carbocycles. The van der Waals surface area contributed by atoms with Crippen LogP contribution in [0.2, 0.25) is 0 Å². The number of H-pyrrole nitrogens is 1. The fourth-order valence-corrected chi connectivity index (χ4v) is 0.829. The van der Waals surface area contributed by atoms with Gasteiger partial charge in [0, 0.05) is 6.61 Å². The van der Waals surface area contributed by atoms with Crippen LogP contribution in [0.5, 0.6) is 0 Å². The summed E-state index contributed by atoms with van der Waals surface area (Å²) in [5, 5.41) is 10.0. The molecule has 0 bridgehead atoms. The summed E-state index contributed by atoms with van der Waals surface area (Å²) >= 11 is 0. The SMILES string of the molecule is CCCOCC(N)c1cn[nH]n1. The highest BCUT2D eigenvalue weighted by atomic mass is 16.5. The van der Waals surface area contributed by atoms with Gasteiger partial charge in [-0.1, -0.05) is 6.92 Å². The van der Waals surface area contributed by atoms with Crippen LogP contribution in [0.4, 0.5) is 0 Å². The van der Waals surface area contributed by atoms with Crippen LogP contribution in [0.15, 0.2) is 6.20 Å². The Balaban J connectivity index is 2.25. The van der Waals surface area contributed by atoms with Gasteiger partial charge in [-0.25, -0.2) is 0 Å². The first-order valence-corrected chi connectivity index (χ1v) is 4.03. The van der Waals surface area contributed by atoms with E-state index >= 15 is 0 Å². The van der Waals surface area contributed by atoms with E-state index in [0.29, 0.717) is 6.61 Å². The van der Waals surface area contributed by atoms with E-state index in [4.69, 9.17) is 10.5 Å². The van der Waals surface area contributed by atoms with Gasteiger partial charge in [0.2, 0.25) is 0 Å². The van der Waals surface area contributed by atoms with Crippen molar-refractivity contribution in [3.63, 3.8) is 0 Å². The second kappa shape index (κ2) is 4.84. The summed E-state index contributed by atoms with van der Waals surface area (Å²) in [7, 11) is 0. The number of aromatic nitrogens is 3. The predicted molar refractivity (Wildman–Crippen MR) is 44.4 cm³/mol. The molecule has 0 radical (unpaired) electrons. The Morgan fingerprint density at radius 2 is 2.58 bits per heavy atom. The first-order chi connectivity index (χ1) is 5.84. The molecule has 1 aromatic rings. The number of nitrogens with one attached hydrogen (secondary N) is 1. The molecular formula is C7H14N4O. The van der Waals surface area contributed by atoms with Crippen LogP contribution in [-0.2, 0) is 4.74 Å². The molecule has 1 rings (SSSR count). The molecule has 5 nitrogen and oxygen atoms in total. The molecule has 0 saturated carbocycles. The summed E-state index contributed by atoms with van der Waals surface area (Å²) in [6, 6.07) is -0.171. The molecule has 3 N–H and O–H groups in total. The van der Waals surface area contributed by atoms with E-state index in [0.717, 1.165) is 18.7 Å². The smallest absolute Gasteiger partial charge is 0.101 e. The molecule has 0 fully saturated rings. The highest BCUT2D eigenvalue weighted by molar-refractivity contribution is 4.97.